The van der Waals surface area contributed by atoms with Crippen LogP contribution in [0.1, 0.15) is 37.3 Å². The molecular formula is C16H25NO. The van der Waals surface area contributed by atoms with Crippen LogP contribution in [-0.4, -0.2) is 30.7 Å². The van der Waals surface area contributed by atoms with Crippen LogP contribution in [0.3, 0.4) is 0 Å². The third-order valence-electron chi connectivity index (χ3n) is 4.29. The molecule has 0 amide bonds. The van der Waals surface area contributed by atoms with E-state index >= 15 is 0 Å². The minimum absolute atomic E-state index is 0.366. The van der Waals surface area contributed by atoms with Gasteiger partial charge in [0.25, 0.3) is 0 Å². The molecule has 0 aliphatic heterocycles. The number of nitrogens with zero attached hydrogens (tertiary/aromatic N) is 1. The Hall–Kier alpha value is -0.860. The minimum Gasteiger partial charge on any atom is -0.396 e. The molecule has 1 unspecified atom stereocenters. The summed E-state index contributed by atoms with van der Waals surface area (Å²) in [6.45, 7) is 0.366. The summed E-state index contributed by atoms with van der Waals surface area (Å²) < 4.78 is 0. The summed E-state index contributed by atoms with van der Waals surface area (Å²) in [4.78, 5) is 2.35. The molecule has 0 aromatic heterocycles. The average Bonchev–Trinajstić information content (AvgIpc) is 2.40. The van der Waals surface area contributed by atoms with Crippen molar-refractivity contribution in [3.8, 4) is 0 Å². The van der Waals surface area contributed by atoms with Gasteiger partial charge in [-0.3, -0.25) is 0 Å². The van der Waals surface area contributed by atoms with Crippen LogP contribution < -0.4 is 0 Å². The molecule has 1 aromatic rings. The first-order valence-electron chi connectivity index (χ1n) is 7.04. The van der Waals surface area contributed by atoms with Gasteiger partial charge < -0.3 is 10.0 Å². The van der Waals surface area contributed by atoms with Crippen molar-refractivity contribution in [2.24, 2.45) is 11.8 Å². The van der Waals surface area contributed by atoms with Gasteiger partial charge in [0.1, 0.15) is 0 Å². The number of aliphatic hydroxyl groups is 1. The molecule has 1 aliphatic rings. The molecule has 1 atom stereocenters. The smallest absolute Gasteiger partial charge is 0.0459 e. The largest absolute Gasteiger partial charge is 0.396 e. The van der Waals surface area contributed by atoms with Crippen molar-refractivity contribution >= 4 is 0 Å². The van der Waals surface area contributed by atoms with E-state index in [9.17, 15) is 5.11 Å². The molecule has 0 heterocycles. The van der Waals surface area contributed by atoms with Gasteiger partial charge in [0, 0.05) is 12.6 Å². The molecule has 1 fully saturated rings. The maximum Gasteiger partial charge on any atom is 0.0459 e. The second-order valence-electron chi connectivity index (χ2n) is 5.78. The van der Waals surface area contributed by atoms with Crippen LogP contribution in [-0.2, 0) is 0 Å². The Morgan fingerprint density at radius 2 is 1.72 bits per heavy atom. The average molecular weight is 247 g/mol. The van der Waals surface area contributed by atoms with Crippen LogP contribution in [0.25, 0.3) is 0 Å². The van der Waals surface area contributed by atoms with Gasteiger partial charge in [-0.2, -0.15) is 0 Å². The molecule has 0 bridgehead atoms. The lowest BCUT2D eigenvalue weighted by atomic mass is 9.76. The van der Waals surface area contributed by atoms with E-state index in [1.807, 2.05) is 0 Å². The maximum atomic E-state index is 9.23. The van der Waals surface area contributed by atoms with Crippen molar-refractivity contribution in [1.82, 2.24) is 4.90 Å². The molecule has 18 heavy (non-hydrogen) atoms. The Morgan fingerprint density at radius 1 is 1.11 bits per heavy atom. The minimum atomic E-state index is 0.366. The molecule has 0 radical (unpaired) electrons. The lowest BCUT2D eigenvalue weighted by Gasteiger charge is -2.37. The molecule has 1 aromatic carbocycles. The van der Waals surface area contributed by atoms with Crippen molar-refractivity contribution in [2.75, 3.05) is 20.7 Å². The van der Waals surface area contributed by atoms with Crippen LogP contribution in [0, 0.1) is 11.8 Å². The van der Waals surface area contributed by atoms with Crippen LogP contribution in [0.5, 0.6) is 0 Å². The summed E-state index contributed by atoms with van der Waals surface area (Å²) in [7, 11) is 4.35. The Morgan fingerprint density at radius 3 is 2.22 bits per heavy atom. The lowest BCUT2D eigenvalue weighted by Crippen LogP contribution is -2.30. The van der Waals surface area contributed by atoms with E-state index in [1.165, 1.54) is 31.2 Å². The first-order valence-corrected chi connectivity index (χ1v) is 7.04. The second kappa shape index (κ2) is 6.35. The third-order valence-corrected chi connectivity index (χ3v) is 4.29. The van der Waals surface area contributed by atoms with E-state index in [0.717, 1.165) is 5.92 Å². The molecule has 1 saturated carbocycles. The first kappa shape index (κ1) is 13.6. The van der Waals surface area contributed by atoms with Crippen molar-refractivity contribution in [1.29, 1.82) is 0 Å². The summed E-state index contributed by atoms with van der Waals surface area (Å²) in [6, 6.07) is 11.3. The van der Waals surface area contributed by atoms with Gasteiger partial charge in [-0.15, -0.1) is 0 Å². The zero-order valence-electron chi connectivity index (χ0n) is 11.5. The van der Waals surface area contributed by atoms with E-state index in [1.54, 1.807) is 0 Å². The zero-order valence-corrected chi connectivity index (χ0v) is 11.5. The highest BCUT2D eigenvalue weighted by molar-refractivity contribution is 5.20. The predicted octanol–water partition coefficient (Wildman–Crippen LogP) is 3.09. The highest BCUT2D eigenvalue weighted by atomic mass is 16.3. The SMILES string of the molecule is CN(C)C(c1ccccc1)C1CCC(CO)CC1. The standard InChI is InChI=1S/C16H25NO/c1-17(2)16(14-6-4-3-5-7-14)15-10-8-13(12-18)9-11-15/h3-7,13,15-16,18H,8-12H2,1-2H3. The monoisotopic (exact) mass is 247 g/mol. The summed E-state index contributed by atoms with van der Waals surface area (Å²) in [5.74, 6) is 1.27. The van der Waals surface area contributed by atoms with Crippen molar-refractivity contribution in [3.63, 3.8) is 0 Å². The zero-order chi connectivity index (χ0) is 13.0. The number of hydrogen-bond acceptors (Lipinski definition) is 2. The van der Waals surface area contributed by atoms with Gasteiger partial charge in [0.05, 0.1) is 0 Å². The van der Waals surface area contributed by atoms with E-state index < -0.39 is 0 Å². The molecule has 1 aliphatic carbocycles. The molecule has 0 saturated heterocycles. The van der Waals surface area contributed by atoms with Gasteiger partial charge >= 0.3 is 0 Å². The third kappa shape index (κ3) is 3.12. The number of benzene rings is 1. The Kier molecular flexibility index (Phi) is 4.79. The van der Waals surface area contributed by atoms with E-state index in [2.05, 4.69) is 49.3 Å². The van der Waals surface area contributed by atoms with Crippen LogP contribution >= 0.6 is 0 Å². The van der Waals surface area contributed by atoms with E-state index in [0.29, 0.717) is 18.6 Å². The van der Waals surface area contributed by atoms with Crippen molar-refractivity contribution in [2.45, 2.75) is 31.7 Å². The molecule has 0 spiro atoms. The first-order chi connectivity index (χ1) is 8.72. The normalized spacial score (nSPS) is 26.2. The van der Waals surface area contributed by atoms with Crippen molar-refractivity contribution < 1.29 is 5.11 Å². The van der Waals surface area contributed by atoms with Gasteiger partial charge in [0.15, 0.2) is 0 Å². The van der Waals surface area contributed by atoms with Crippen LogP contribution in [0.4, 0.5) is 0 Å². The number of aliphatic hydroxyl groups excluding tert-OH is 1. The van der Waals surface area contributed by atoms with Gasteiger partial charge in [-0.25, -0.2) is 0 Å². The fourth-order valence-corrected chi connectivity index (χ4v) is 3.33. The highest BCUT2D eigenvalue weighted by Crippen LogP contribution is 2.38. The molecule has 2 nitrogen and oxygen atoms in total. The lowest BCUT2D eigenvalue weighted by molar-refractivity contribution is 0.118. The predicted molar refractivity (Wildman–Crippen MR) is 75.4 cm³/mol. The van der Waals surface area contributed by atoms with Gasteiger partial charge in [-0.1, -0.05) is 30.3 Å². The fraction of sp³-hybridized carbons (Fsp3) is 0.625. The topological polar surface area (TPSA) is 23.5 Å². The Balaban J connectivity index is 2.08. The van der Waals surface area contributed by atoms with Crippen LogP contribution in [0.15, 0.2) is 30.3 Å². The summed E-state index contributed by atoms with van der Waals surface area (Å²) >= 11 is 0. The molecule has 2 heteroatoms. The molecule has 2 rings (SSSR count). The van der Waals surface area contributed by atoms with Gasteiger partial charge in [-0.05, 0) is 57.2 Å². The molecule has 1 N–H and O–H groups in total. The molecule has 100 valence electrons. The fourth-order valence-electron chi connectivity index (χ4n) is 3.33. The number of hydrogen-bond donors (Lipinski definition) is 1. The summed E-state index contributed by atoms with van der Waals surface area (Å²) in [6.07, 6.45) is 4.84. The maximum absolute atomic E-state index is 9.23. The van der Waals surface area contributed by atoms with Gasteiger partial charge in [0.2, 0.25) is 0 Å². The van der Waals surface area contributed by atoms with Crippen molar-refractivity contribution in [3.05, 3.63) is 35.9 Å². The molecular weight excluding hydrogens is 222 g/mol. The summed E-state index contributed by atoms with van der Waals surface area (Å²) in [5.41, 5.74) is 1.43. The highest BCUT2D eigenvalue weighted by Gasteiger charge is 2.29. The van der Waals surface area contributed by atoms with E-state index in [-0.39, 0.29) is 0 Å². The summed E-state index contributed by atoms with van der Waals surface area (Å²) in [5, 5.41) is 9.23. The second-order valence-corrected chi connectivity index (χ2v) is 5.78. The quantitative estimate of drug-likeness (QED) is 0.884. The Labute approximate surface area is 111 Å². The Bertz CT molecular complexity index is 341. The van der Waals surface area contributed by atoms with E-state index in [4.69, 9.17) is 0 Å². The van der Waals surface area contributed by atoms with Crippen LogP contribution in [0.2, 0.25) is 0 Å². The number of rotatable bonds is 4.